The van der Waals surface area contributed by atoms with Crippen molar-refractivity contribution in [3.63, 3.8) is 0 Å². The van der Waals surface area contributed by atoms with Crippen LogP contribution in [0.1, 0.15) is 40.0 Å². The average Bonchev–Trinajstić information content (AvgIpc) is 2.66. The largest absolute Gasteiger partial charge is 0.345 e. The Labute approximate surface area is 103 Å². The highest BCUT2D eigenvalue weighted by Crippen LogP contribution is 2.38. The molecule has 1 aliphatic carbocycles. The zero-order chi connectivity index (χ0) is 12.6. The lowest BCUT2D eigenvalue weighted by molar-refractivity contribution is -0.148. The summed E-state index contributed by atoms with van der Waals surface area (Å²) in [6.45, 7) is 6.43. The Morgan fingerprint density at radius 1 is 1.29 bits per heavy atom. The molecule has 4 unspecified atom stereocenters. The van der Waals surface area contributed by atoms with E-state index in [1.165, 1.54) is 12.8 Å². The van der Waals surface area contributed by atoms with E-state index >= 15 is 0 Å². The lowest BCUT2D eigenvalue weighted by Crippen LogP contribution is -2.61. The first-order valence-electron chi connectivity index (χ1n) is 6.65. The first kappa shape index (κ1) is 12.4. The molecule has 4 heteroatoms. The van der Waals surface area contributed by atoms with Crippen molar-refractivity contribution in [2.24, 2.45) is 11.8 Å². The fraction of sp³-hybridized carbons (Fsp3) is 0.846. The van der Waals surface area contributed by atoms with E-state index in [4.69, 9.17) is 0 Å². The van der Waals surface area contributed by atoms with Gasteiger partial charge in [-0.05, 0) is 31.6 Å². The van der Waals surface area contributed by atoms with Crippen molar-refractivity contribution in [2.45, 2.75) is 52.1 Å². The van der Waals surface area contributed by atoms with E-state index < -0.39 is 0 Å². The number of piperazine rings is 1. The molecule has 1 heterocycles. The van der Waals surface area contributed by atoms with Crippen LogP contribution in [0.4, 0.5) is 0 Å². The van der Waals surface area contributed by atoms with Crippen molar-refractivity contribution in [1.29, 1.82) is 0 Å². The second-order valence-electron chi connectivity index (χ2n) is 5.37. The van der Waals surface area contributed by atoms with E-state index in [2.05, 4.69) is 19.2 Å². The molecule has 0 aromatic carbocycles. The van der Waals surface area contributed by atoms with Gasteiger partial charge in [-0.15, -0.1) is 0 Å². The maximum absolute atomic E-state index is 12.0. The predicted octanol–water partition coefficient (Wildman–Crippen LogP) is 1.16. The lowest BCUT2D eigenvalue weighted by atomic mass is 9.92. The summed E-state index contributed by atoms with van der Waals surface area (Å²) in [7, 11) is 0. The summed E-state index contributed by atoms with van der Waals surface area (Å²) in [5.74, 6) is 1.27. The van der Waals surface area contributed by atoms with E-state index in [9.17, 15) is 9.59 Å². The minimum Gasteiger partial charge on any atom is -0.345 e. The number of rotatable bonds is 2. The molecule has 17 heavy (non-hydrogen) atoms. The van der Waals surface area contributed by atoms with E-state index in [-0.39, 0.29) is 30.4 Å². The van der Waals surface area contributed by atoms with Crippen LogP contribution in [0, 0.1) is 11.8 Å². The maximum atomic E-state index is 12.0. The van der Waals surface area contributed by atoms with Gasteiger partial charge in [-0.3, -0.25) is 9.59 Å². The Morgan fingerprint density at radius 3 is 2.59 bits per heavy atom. The predicted molar refractivity (Wildman–Crippen MR) is 65.3 cm³/mol. The first-order chi connectivity index (χ1) is 8.06. The monoisotopic (exact) mass is 238 g/mol. The van der Waals surface area contributed by atoms with Gasteiger partial charge < -0.3 is 10.2 Å². The van der Waals surface area contributed by atoms with E-state index in [1.807, 2.05) is 11.8 Å². The van der Waals surface area contributed by atoms with Crippen LogP contribution in [-0.4, -0.2) is 35.3 Å². The molecule has 4 atom stereocenters. The van der Waals surface area contributed by atoms with Crippen LogP contribution in [0.2, 0.25) is 0 Å². The molecule has 1 N–H and O–H groups in total. The smallest absolute Gasteiger partial charge is 0.242 e. The van der Waals surface area contributed by atoms with Crippen molar-refractivity contribution >= 4 is 11.8 Å². The van der Waals surface area contributed by atoms with Gasteiger partial charge in [0.05, 0.1) is 6.54 Å². The van der Waals surface area contributed by atoms with E-state index in [0.29, 0.717) is 11.8 Å². The topological polar surface area (TPSA) is 49.4 Å². The van der Waals surface area contributed by atoms with Crippen LogP contribution >= 0.6 is 0 Å². The van der Waals surface area contributed by atoms with E-state index in [1.54, 1.807) is 0 Å². The molecule has 0 spiro atoms. The Bertz CT molecular complexity index is 329. The number of hydrogen-bond acceptors (Lipinski definition) is 2. The highest BCUT2D eigenvalue weighted by Gasteiger charge is 2.42. The maximum Gasteiger partial charge on any atom is 0.242 e. The highest BCUT2D eigenvalue weighted by molar-refractivity contribution is 5.94. The SMILES string of the molecule is CCC1CCC(N2C(=O)CNC(=O)C2C)C1C. The van der Waals surface area contributed by atoms with Crippen LogP contribution in [0.5, 0.6) is 0 Å². The quantitative estimate of drug-likeness (QED) is 0.784. The fourth-order valence-corrected chi connectivity index (χ4v) is 3.41. The number of hydrogen-bond donors (Lipinski definition) is 1. The summed E-state index contributed by atoms with van der Waals surface area (Å²) < 4.78 is 0. The zero-order valence-corrected chi connectivity index (χ0v) is 10.9. The number of carbonyl (C=O) groups excluding carboxylic acids is 2. The van der Waals surface area contributed by atoms with Crippen LogP contribution in [0.15, 0.2) is 0 Å². The summed E-state index contributed by atoms with van der Waals surface area (Å²) in [5, 5.41) is 2.64. The second kappa shape index (κ2) is 4.67. The number of nitrogens with zero attached hydrogens (tertiary/aromatic N) is 1. The second-order valence-corrected chi connectivity index (χ2v) is 5.37. The molecular formula is C13H22N2O2. The van der Waals surface area contributed by atoms with E-state index in [0.717, 1.165) is 6.42 Å². The Morgan fingerprint density at radius 2 is 2.00 bits per heavy atom. The van der Waals surface area contributed by atoms with Gasteiger partial charge in [0.1, 0.15) is 6.04 Å². The Hall–Kier alpha value is -1.06. The lowest BCUT2D eigenvalue weighted by Gasteiger charge is -2.39. The Kier molecular flexibility index (Phi) is 3.40. The normalized spacial score (nSPS) is 38.4. The summed E-state index contributed by atoms with van der Waals surface area (Å²) >= 11 is 0. The van der Waals surface area contributed by atoms with Gasteiger partial charge in [0.2, 0.25) is 11.8 Å². The van der Waals surface area contributed by atoms with Gasteiger partial charge in [0.15, 0.2) is 0 Å². The molecule has 0 aromatic heterocycles. The van der Waals surface area contributed by atoms with Crippen LogP contribution in [0.25, 0.3) is 0 Å². The minimum absolute atomic E-state index is 0.0169. The summed E-state index contributed by atoms with van der Waals surface area (Å²) in [6.07, 6.45) is 3.39. The molecule has 2 rings (SSSR count). The molecule has 1 aliphatic heterocycles. The molecule has 4 nitrogen and oxygen atoms in total. The molecule has 0 radical (unpaired) electrons. The van der Waals surface area contributed by atoms with Crippen molar-refractivity contribution < 1.29 is 9.59 Å². The van der Waals surface area contributed by atoms with Gasteiger partial charge in [0.25, 0.3) is 0 Å². The van der Waals surface area contributed by atoms with Gasteiger partial charge in [0, 0.05) is 6.04 Å². The van der Waals surface area contributed by atoms with Gasteiger partial charge in [-0.2, -0.15) is 0 Å². The Balaban J connectivity index is 2.15. The molecule has 2 fully saturated rings. The molecule has 0 bridgehead atoms. The van der Waals surface area contributed by atoms with Gasteiger partial charge in [-0.25, -0.2) is 0 Å². The third kappa shape index (κ3) is 2.05. The highest BCUT2D eigenvalue weighted by atomic mass is 16.2. The molecule has 2 amide bonds. The van der Waals surface area contributed by atoms with Crippen molar-refractivity contribution in [2.75, 3.05) is 6.54 Å². The van der Waals surface area contributed by atoms with Crippen molar-refractivity contribution in [3.05, 3.63) is 0 Å². The van der Waals surface area contributed by atoms with Crippen LogP contribution in [-0.2, 0) is 9.59 Å². The number of nitrogens with one attached hydrogen (secondary N) is 1. The average molecular weight is 238 g/mol. The van der Waals surface area contributed by atoms with Gasteiger partial charge in [-0.1, -0.05) is 20.3 Å². The molecule has 96 valence electrons. The third-order valence-electron chi connectivity index (χ3n) is 4.56. The molecule has 1 saturated carbocycles. The molecule has 2 aliphatic rings. The van der Waals surface area contributed by atoms with Crippen LogP contribution < -0.4 is 5.32 Å². The summed E-state index contributed by atoms with van der Waals surface area (Å²) in [6, 6.07) is -0.0483. The molecule has 1 saturated heterocycles. The molecular weight excluding hydrogens is 216 g/mol. The summed E-state index contributed by atoms with van der Waals surface area (Å²) in [5.41, 5.74) is 0. The van der Waals surface area contributed by atoms with Crippen LogP contribution in [0.3, 0.4) is 0 Å². The zero-order valence-electron chi connectivity index (χ0n) is 10.9. The number of amides is 2. The fourth-order valence-electron chi connectivity index (χ4n) is 3.41. The van der Waals surface area contributed by atoms with Crippen molar-refractivity contribution in [1.82, 2.24) is 10.2 Å². The van der Waals surface area contributed by atoms with Gasteiger partial charge >= 0.3 is 0 Å². The third-order valence-corrected chi connectivity index (χ3v) is 4.56. The number of carbonyl (C=O) groups is 2. The standard InChI is InChI=1S/C13H22N2O2/c1-4-10-5-6-11(8(10)2)15-9(3)13(17)14-7-12(15)16/h8-11H,4-7H2,1-3H3,(H,14,17). The first-order valence-corrected chi connectivity index (χ1v) is 6.65. The molecule has 0 aromatic rings. The summed E-state index contributed by atoms with van der Waals surface area (Å²) in [4.78, 5) is 25.5. The van der Waals surface area contributed by atoms with Crippen molar-refractivity contribution in [3.8, 4) is 0 Å². The minimum atomic E-state index is -0.306.